The highest BCUT2D eigenvalue weighted by Crippen LogP contribution is 2.34. The Labute approximate surface area is 173 Å². The molecule has 0 aliphatic carbocycles. The molecule has 162 valence electrons. The number of benzene rings is 1. The van der Waals surface area contributed by atoms with E-state index in [-0.39, 0.29) is 30.6 Å². The lowest BCUT2D eigenvalue weighted by molar-refractivity contribution is -0.154. The summed E-state index contributed by atoms with van der Waals surface area (Å²) in [6.45, 7) is 15.2. The van der Waals surface area contributed by atoms with Gasteiger partial charge in [0, 0.05) is 0 Å². The van der Waals surface area contributed by atoms with E-state index in [1.54, 1.807) is 32.9 Å². The summed E-state index contributed by atoms with van der Waals surface area (Å²) in [5.41, 5.74) is -0.906. The van der Waals surface area contributed by atoms with Gasteiger partial charge in [-0.25, -0.2) is 4.79 Å². The Hall–Kier alpha value is -2.37. The molecule has 0 spiro atoms. The third-order valence-electron chi connectivity index (χ3n) is 3.99. The van der Waals surface area contributed by atoms with Crippen LogP contribution in [0.4, 0.5) is 0 Å². The van der Waals surface area contributed by atoms with Gasteiger partial charge in [0.15, 0.2) is 0 Å². The smallest absolute Gasteiger partial charge is 0.338 e. The van der Waals surface area contributed by atoms with Crippen LogP contribution < -0.4 is 4.74 Å². The summed E-state index contributed by atoms with van der Waals surface area (Å²) in [5, 5.41) is 0. The summed E-state index contributed by atoms with van der Waals surface area (Å²) >= 11 is 0. The first-order valence-electron chi connectivity index (χ1n) is 9.78. The molecular weight excluding hydrogens is 372 g/mol. The van der Waals surface area contributed by atoms with Crippen molar-refractivity contribution in [1.82, 2.24) is 0 Å². The van der Waals surface area contributed by atoms with Crippen molar-refractivity contribution < 1.29 is 28.6 Å². The van der Waals surface area contributed by atoms with Gasteiger partial charge in [0.05, 0.1) is 16.4 Å². The van der Waals surface area contributed by atoms with Gasteiger partial charge in [-0.3, -0.25) is 9.59 Å². The maximum atomic E-state index is 12.5. The zero-order valence-corrected chi connectivity index (χ0v) is 18.9. The molecule has 0 saturated carbocycles. The molecule has 0 fully saturated rings. The van der Waals surface area contributed by atoms with Gasteiger partial charge >= 0.3 is 17.9 Å². The van der Waals surface area contributed by atoms with Crippen molar-refractivity contribution >= 4 is 17.9 Å². The minimum atomic E-state index is -0.625. The summed E-state index contributed by atoms with van der Waals surface area (Å²) < 4.78 is 15.6. The number of esters is 3. The lowest BCUT2D eigenvalue weighted by Gasteiger charge is -2.30. The number of hydrogen-bond acceptors (Lipinski definition) is 6. The molecular formula is C23H34O6. The van der Waals surface area contributed by atoms with E-state index in [0.717, 1.165) is 0 Å². The van der Waals surface area contributed by atoms with Crippen molar-refractivity contribution in [3.8, 4) is 5.75 Å². The van der Waals surface area contributed by atoms with Crippen LogP contribution >= 0.6 is 0 Å². The molecule has 0 atom stereocenters. The first kappa shape index (κ1) is 24.7. The molecule has 6 heteroatoms. The largest absolute Gasteiger partial charge is 0.462 e. The van der Waals surface area contributed by atoms with E-state index in [1.165, 1.54) is 12.1 Å². The topological polar surface area (TPSA) is 78.9 Å². The van der Waals surface area contributed by atoms with Crippen molar-refractivity contribution in [3.05, 3.63) is 29.8 Å². The van der Waals surface area contributed by atoms with E-state index in [1.807, 2.05) is 13.8 Å². The third kappa shape index (κ3) is 8.67. The molecule has 0 aromatic heterocycles. The van der Waals surface area contributed by atoms with Crippen molar-refractivity contribution in [2.45, 2.75) is 61.8 Å². The zero-order chi connectivity index (χ0) is 22.5. The molecule has 0 bridgehead atoms. The molecule has 1 aromatic rings. The summed E-state index contributed by atoms with van der Waals surface area (Å²) in [6.07, 6.45) is 0.684. The van der Waals surface area contributed by atoms with Crippen LogP contribution in [0.2, 0.25) is 0 Å². The predicted octanol–water partition coefficient (Wildman–Crippen LogP) is 4.80. The first-order valence-corrected chi connectivity index (χ1v) is 9.78. The van der Waals surface area contributed by atoms with Crippen molar-refractivity contribution in [2.75, 3.05) is 13.2 Å². The normalized spacial score (nSPS) is 12.3. The summed E-state index contributed by atoms with van der Waals surface area (Å²) in [4.78, 5) is 36.2. The molecule has 0 radical (unpaired) electrons. The van der Waals surface area contributed by atoms with Crippen molar-refractivity contribution in [1.29, 1.82) is 0 Å². The fraction of sp³-hybridized carbons (Fsp3) is 0.609. The average molecular weight is 407 g/mol. The summed E-state index contributed by atoms with van der Waals surface area (Å²) in [5.74, 6) is -0.840. The minimum absolute atomic E-state index is 0.000396. The maximum Gasteiger partial charge on any atom is 0.338 e. The van der Waals surface area contributed by atoms with Crippen LogP contribution in [-0.4, -0.2) is 31.1 Å². The van der Waals surface area contributed by atoms with E-state index < -0.39 is 16.8 Å². The molecule has 0 heterocycles. The molecule has 1 aromatic carbocycles. The standard InChI is InChI=1S/C23H34O6/c1-21(2,3)15-23(7,8)20(26)29-17-11-9-16(10-12-17)18(24)27-13-14-28-19(25)22(4,5)6/h9-12H,13-15H2,1-8H3. The molecule has 0 N–H and O–H groups in total. The quantitative estimate of drug-likeness (QED) is 0.368. The van der Waals surface area contributed by atoms with E-state index in [9.17, 15) is 14.4 Å². The number of rotatable bonds is 7. The van der Waals surface area contributed by atoms with Gasteiger partial charge in [-0.2, -0.15) is 0 Å². The molecule has 29 heavy (non-hydrogen) atoms. The summed E-state index contributed by atoms with van der Waals surface area (Å²) in [7, 11) is 0. The molecule has 0 unspecified atom stereocenters. The van der Waals surface area contributed by atoms with Crippen LogP contribution in [0.15, 0.2) is 24.3 Å². The molecule has 6 nitrogen and oxygen atoms in total. The van der Waals surface area contributed by atoms with Crippen LogP contribution in [0.3, 0.4) is 0 Å². The van der Waals surface area contributed by atoms with Crippen LogP contribution in [0.1, 0.15) is 72.2 Å². The SMILES string of the molecule is CC(C)(C)CC(C)(C)C(=O)Oc1ccc(C(=O)OCCOC(=O)C(C)(C)C)cc1. The molecule has 0 aliphatic rings. The van der Waals surface area contributed by atoms with Crippen LogP contribution in [0, 0.1) is 16.2 Å². The van der Waals surface area contributed by atoms with Gasteiger partial charge in [-0.1, -0.05) is 20.8 Å². The number of carbonyl (C=O) groups excluding carboxylic acids is 3. The Balaban J connectivity index is 2.55. The van der Waals surface area contributed by atoms with E-state index in [0.29, 0.717) is 17.7 Å². The third-order valence-corrected chi connectivity index (χ3v) is 3.99. The molecule has 1 rings (SSSR count). The van der Waals surface area contributed by atoms with E-state index >= 15 is 0 Å². The fourth-order valence-corrected chi connectivity index (χ4v) is 2.87. The van der Waals surface area contributed by atoms with Gasteiger partial charge in [0.25, 0.3) is 0 Å². The second-order valence-electron chi connectivity index (χ2n) is 10.1. The predicted molar refractivity (Wildman–Crippen MR) is 111 cm³/mol. The zero-order valence-electron chi connectivity index (χ0n) is 18.9. The van der Waals surface area contributed by atoms with Gasteiger partial charge in [-0.15, -0.1) is 0 Å². The molecule has 0 saturated heterocycles. The van der Waals surface area contributed by atoms with Crippen LogP contribution in [-0.2, 0) is 19.1 Å². The second-order valence-corrected chi connectivity index (χ2v) is 10.1. The minimum Gasteiger partial charge on any atom is -0.462 e. The lowest BCUT2D eigenvalue weighted by atomic mass is 9.76. The summed E-state index contributed by atoms with van der Waals surface area (Å²) in [6, 6.07) is 6.17. The Bertz CT molecular complexity index is 717. The van der Waals surface area contributed by atoms with Crippen molar-refractivity contribution in [2.24, 2.45) is 16.2 Å². The maximum absolute atomic E-state index is 12.5. The van der Waals surface area contributed by atoms with Crippen LogP contribution in [0.25, 0.3) is 0 Å². The van der Waals surface area contributed by atoms with Gasteiger partial charge in [0.2, 0.25) is 0 Å². The van der Waals surface area contributed by atoms with Gasteiger partial charge in [-0.05, 0) is 70.7 Å². The highest BCUT2D eigenvalue weighted by Gasteiger charge is 2.34. The van der Waals surface area contributed by atoms with E-state index in [2.05, 4.69) is 20.8 Å². The van der Waals surface area contributed by atoms with Crippen LogP contribution in [0.5, 0.6) is 5.75 Å². The Morgan fingerprint density at radius 3 is 1.76 bits per heavy atom. The average Bonchev–Trinajstić information content (AvgIpc) is 2.56. The molecule has 0 amide bonds. The Morgan fingerprint density at radius 1 is 0.759 bits per heavy atom. The Morgan fingerprint density at radius 2 is 1.28 bits per heavy atom. The fourth-order valence-electron chi connectivity index (χ4n) is 2.87. The monoisotopic (exact) mass is 406 g/mol. The number of hydrogen-bond donors (Lipinski definition) is 0. The highest BCUT2D eigenvalue weighted by atomic mass is 16.6. The number of ether oxygens (including phenoxy) is 3. The van der Waals surface area contributed by atoms with E-state index in [4.69, 9.17) is 14.2 Å². The Kier molecular flexibility index (Phi) is 8.01. The van der Waals surface area contributed by atoms with Gasteiger partial charge in [0.1, 0.15) is 19.0 Å². The second kappa shape index (κ2) is 9.42. The lowest BCUT2D eigenvalue weighted by Crippen LogP contribution is -2.33. The van der Waals surface area contributed by atoms with Gasteiger partial charge < -0.3 is 14.2 Å². The van der Waals surface area contributed by atoms with Crippen molar-refractivity contribution in [3.63, 3.8) is 0 Å². The molecule has 0 aliphatic heterocycles. The number of carbonyl (C=O) groups is 3. The highest BCUT2D eigenvalue weighted by molar-refractivity contribution is 5.89. The first-order chi connectivity index (χ1) is 13.1.